The molecule has 0 aliphatic carbocycles. The van der Waals surface area contributed by atoms with Gasteiger partial charge in [-0.2, -0.15) is 0 Å². The van der Waals surface area contributed by atoms with Crippen LogP contribution < -0.4 is 0 Å². The van der Waals surface area contributed by atoms with Gasteiger partial charge in [0.25, 0.3) is 0 Å². The summed E-state index contributed by atoms with van der Waals surface area (Å²) in [4.78, 5) is 38.1. The van der Waals surface area contributed by atoms with Gasteiger partial charge in [0.2, 0.25) is 0 Å². The van der Waals surface area contributed by atoms with E-state index >= 15 is 0 Å². The molecule has 1 unspecified atom stereocenters. The van der Waals surface area contributed by atoms with Crippen LogP contribution in [-0.4, -0.2) is 37.2 Å². The summed E-state index contributed by atoms with van der Waals surface area (Å²) in [5.74, 6) is -0.868. The summed E-state index contributed by atoms with van der Waals surface area (Å²) in [7, 11) is 0. The van der Waals surface area contributed by atoms with Crippen molar-refractivity contribution in [1.82, 2.24) is 0 Å². The molecular weight excluding hydrogens is 973 g/mol. The van der Waals surface area contributed by atoms with Gasteiger partial charge in [0, 0.05) is 19.3 Å². The van der Waals surface area contributed by atoms with Gasteiger partial charge in [0.05, 0.1) is 0 Å². The van der Waals surface area contributed by atoms with Crippen molar-refractivity contribution >= 4 is 17.9 Å². The number of carbonyl (C=O) groups excluding carboxylic acids is 3. The van der Waals surface area contributed by atoms with E-state index in [0.29, 0.717) is 19.3 Å². The lowest BCUT2D eigenvalue weighted by Crippen LogP contribution is -2.30. The van der Waals surface area contributed by atoms with Crippen LogP contribution in [0.15, 0.2) is 60.8 Å². The Morgan fingerprint density at radius 2 is 0.456 bits per heavy atom. The molecule has 0 rings (SSSR count). The van der Waals surface area contributed by atoms with Crippen LogP contribution in [0.5, 0.6) is 0 Å². The van der Waals surface area contributed by atoms with Gasteiger partial charge >= 0.3 is 17.9 Å². The Balaban J connectivity index is 4.04. The molecule has 79 heavy (non-hydrogen) atoms. The summed E-state index contributed by atoms with van der Waals surface area (Å²) in [5.41, 5.74) is 0. The fourth-order valence-corrected chi connectivity index (χ4v) is 10.2. The Kier molecular flexibility index (Phi) is 65.1. The Hall–Kier alpha value is -2.89. The van der Waals surface area contributed by atoms with Gasteiger partial charge in [-0.1, -0.05) is 319 Å². The van der Waals surface area contributed by atoms with Gasteiger partial charge in [-0.3, -0.25) is 14.4 Å². The van der Waals surface area contributed by atoms with Gasteiger partial charge in [-0.15, -0.1) is 0 Å². The molecule has 460 valence electrons. The second-order valence-electron chi connectivity index (χ2n) is 23.4. The van der Waals surface area contributed by atoms with Crippen LogP contribution in [0.3, 0.4) is 0 Å². The van der Waals surface area contributed by atoms with Crippen LogP contribution in [0.25, 0.3) is 0 Å². The van der Waals surface area contributed by atoms with Gasteiger partial charge in [0.1, 0.15) is 13.2 Å². The van der Waals surface area contributed by atoms with E-state index in [1.807, 2.05) is 0 Å². The molecule has 0 saturated carbocycles. The van der Waals surface area contributed by atoms with Crippen molar-refractivity contribution in [2.24, 2.45) is 0 Å². The average molecular weight is 1110 g/mol. The van der Waals surface area contributed by atoms with Crippen molar-refractivity contribution in [2.45, 2.75) is 374 Å². The fourth-order valence-electron chi connectivity index (χ4n) is 10.2. The van der Waals surface area contributed by atoms with Crippen molar-refractivity contribution in [3.8, 4) is 0 Å². The number of unbranched alkanes of at least 4 members (excludes halogenated alkanes) is 43. The zero-order valence-corrected chi connectivity index (χ0v) is 52.9. The van der Waals surface area contributed by atoms with Gasteiger partial charge in [0.15, 0.2) is 6.10 Å². The van der Waals surface area contributed by atoms with E-state index in [-0.39, 0.29) is 31.1 Å². The van der Waals surface area contributed by atoms with Crippen LogP contribution in [0, 0.1) is 0 Å². The second kappa shape index (κ2) is 67.6. The number of hydrogen-bond donors (Lipinski definition) is 0. The molecular formula is C73H132O6. The van der Waals surface area contributed by atoms with E-state index in [2.05, 4.69) is 81.5 Å². The number of hydrogen-bond acceptors (Lipinski definition) is 6. The summed E-state index contributed by atoms with van der Waals surface area (Å²) in [5, 5.41) is 0. The van der Waals surface area contributed by atoms with E-state index in [1.54, 1.807) is 0 Å². The largest absolute Gasteiger partial charge is 0.462 e. The quantitative estimate of drug-likeness (QED) is 0.0261. The highest BCUT2D eigenvalue weighted by Crippen LogP contribution is 2.18. The molecule has 0 aliphatic rings. The minimum Gasteiger partial charge on any atom is -0.462 e. The zero-order chi connectivity index (χ0) is 57.1. The molecule has 0 bridgehead atoms. The number of carbonyl (C=O) groups is 3. The van der Waals surface area contributed by atoms with Crippen molar-refractivity contribution in [3.63, 3.8) is 0 Å². The number of ether oxygens (including phenoxy) is 3. The zero-order valence-electron chi connectivity index (χ0n) is 52.9. The van der Waals surface area contributed by atoms with Crippen molar-refractivity contribution < 1.29 is 28.6 Å². The van der Waals surface area contributed by atoms with Gasteiger partial charge in [-0.25, -0.2) is 0 Å². The number of esters is 3. The molecule has 0 N–H and O–H groups in total. The third-order valence-corrected chi connectivity index (χ3v) is 15.5. The van der Waals surface area contributed by atoms with E-state index < -0.39 is 6.10 Å². The molecule has 6 heteroatoms. The monoisotopic (exact) mass is 1110 g/mol. The summed E-state index contributed by atoms with van der Waals surface area (Å²) in [6.45, 7) is 6.62. The third kappa shape index (κ3) is 65.8. The topological polar surface area (TPSA) is 78.9 Å². The molecule has 0 spiro atoms. The van der Waals surface area contributed by atoms with E-state index in [0.717, 1.165) is 83.5 Å². The van der Waals surface area contributed by atoms with Crippen LogP contribution in [0.4, 0.5) is 0 Å². The first-order valence-corrected chi connectivity index (χ1v) is 34.8. The maximum Gasteiger partial charge on any atom is 0.306 e. The first-order valence-electron chi connectivity index (χ1n) is 34.8. The Morgan fingerprint density at radius 1 is 0.253 bits per heavy atom. The average Bonchev–Trinajstić information content (AvgIpc) is 3.45. The lowest BCUT2D eigenvalue weighted by Gasteiger charge is -2.18. The summed E-state index contributed by atoms with van der Waals surface area (Å²) in [6.07, 6.45) is 87.1. The van der Waals surface area contributed by atoms with E-state index in [1.165, 1.54) is 244 Å². The van der Waals surface area contributed by atoms with Crippen LogP contribution >= 0.6 is 0 Å². The molecule has 0 aromatic rings. The molecule has 0 heterocycles. The maximum atomic E-state index is 12.9. The minimum atomic E-state index is -0.775. The molecule has 0 fully saturated rings. The Labute approximate surface area is 491 Å². The second-order valence-corrected chi connectivity index (χ2v) is 23.4. The first-order chi connectivity index (χ1) is 39.0. The fraction of sp³-hybridized carbons (Fsp3) is 0.822. The Morgan fingerprint density at radius 3 is 0.709 bits per heavy atom. The highest BCUT2D eigenvalue weighted by atomic mass is 16.6. The van der Waals surface area contributed by atoms with Crippen LogP contribution in [0.2, 0.25) is 0 Å². The first kappa shape index (κ1) is 76.1. The highest BCUT2D eigenvalue weighted by Gasteiger charge is 2.19. The molecule has 0 saturated heterocycles. The molecule has 0 radical (unpaired) electrons. The number of rotatable bonds is 64. The number of allylic oxidation sites excluding steroid dienone is 10. The van der Waals surface area contributed by atoms with E-state index in [4.69, 9.17) is 14.2 Å². The van der Waals surface area contributed by atoms with Crippen LogP contribution in [0.1, 0.15) is 367 Å². The van der Waals surface area contributed by atoms with Gasteiger partial charge < -0.3 is 14.2 Å². The van der Waals surface area contributed by atoms with E-state index in [9.17, 15) is 14.4 Å². The molecule has 0 aromatic carbocycles. The molecule has 6 nitrogen and oxygen atoms in total. The molecule has 1 atom stereocenters. The van der Waals surface area contributed by atoms with Gasteiger partial charge in [-0.05, 0) is 89.9 Å². The highest BCUT2D eigenvalue weighted by molar-refractivity contribution is 5.71. The maximum absolute atomic E-state index is 12.9. The standard InChI is InChI=1S/C73H132O6/c1-4-7-10-13-16-18-20-22-24-26-28-30-32-33-34-35-36-37-38-39-41-42-44-46-48-50-52-54-57-60-63-66-72(75)78-69-70(68-77-71(74)65-62-59-56-15-12-9-6-3)79-73(76)67-64-61-58-55-53-51-49-47-45-43-40-31-29-27-25-23-21-19-17-14-11-8-5-2/h20-23,26-29,40,43,70H,4-19,24-25,30-39,41-42,44-69H2,1-3H3/b22-20-,23-21-,28-26-,29-27-,43-40-. The van der Waals surface area contributed by atoms with Crippen LogP contribution in [-0.2, 0) is 28.6 Å². The lowest BCUT2D eigenvalue weighted by atomic mass is 10.0. The summed E-state index contributed by atoms with van der Waals surface area (Å²) >= 11 is 0. The minimum absolute atomic E-state index is 0.0733. The van der Waals surface area contributed by atoms with Crippen molar-refractivity contribution in [1.29, 1.82) is 0 Å². The molecule has 0 amide bonds. The lowest BCUT2D eigenvalue weighted by molar-refractivity contribution is -0.167. The summed E-state index contributed by atoms with van der Waals surface area (Å²) < 4.78 is 16.9. The predicted octanol–water partition coefficient (Wildman–Crippen LogP) is 23.9. The molecule has 0 aliphatic heterocycles. The SMILES string of the molecule is CCCCCCC/C=C\C/C=C\C/C=C\CCCCCCCCCCC(=O)OC(COC(=O)CCCCCCCCC)COC(=O)CCCCCCCCCCCCCCCCCCCCC/C=C\C/C=C\CCCCCCC. The molecule has 0 aromatic heterocycles. The Bertz CT molecular complexity index is 1410. The van der Waals surface area contributed by atoms with Crippen molar-refractivity contribution in [3.05, 3.63) is 60.8 Å². The normalized spacial score (nSPS) is 12.4. The van der Waals surface area contributed by atoms with Crippen molar-refractivity contribution in [2.75, 3.05) is 13.2 Å². The predicted molar refractivity (Wildman–Crippen MR) is 344 cm³/mol. The smallest absolute Gasteiger partial charge is 0.306 e. The summed E-state index contributed by atoms with van der Waals surface area (Å²) in [6, 6.07) is 0. The third-order valence-electron chi connectivity index (χ3n) is 15.5.